The van der Waals surface area contributed by atoms with Gasteiger partial charge in [0.05, 0.1) is 20.8 Å². The molecule has 1 saturated heterocycles. The normalized spacial score (nSPS) is 16.4. The first kappa shape index (κ1) is 20.3. The summed E-state index contributed by atoms with van der Waals surface area (Å²) < 4.78 is 16.2. The van der Waals surface area contributed by atoms with Crippen LogP contribution < -0.4 is 14.2 Å². The Bertz CT molecular complexity index is 933. The number of hydrogen-bond donors (Lipinski definition) is 0. The van der Waals surface area contributed by atoms with E-state index in [9.17, 15) is 4.79 Å². The summed E-state index contributed by atoms with van der Waals surface area (Å²) in [5.41, 5.74) is 3.52. The highest BCUT2D eigenvalue weighted by molar-refractivity contribution is 5.92. The molecule has 0 atom stereocenters. The van der Waals surface area contributed by atoms with Crippen LogP contribution in [0.3, 0.4) is 0 Å². The van der Waals surface area contributed by atoms with Gasteiger partial charge >= 0.3 is 0 Å². The third-order valence-corrected chi connectivity index (χ3v) is 5.67. The predicted molar refractivity (Wildman–Crippen MR) is 116 cm³/mol. The van der Waals surface area contributed by atoms with Gasteiger partial charge in [0.25, 0.3) is 0 Å². The molecule has 2 aliphatic rings. The van der Waals surface area contributed by atoms with E-state index in [-0.39, 0.29) is 5.91 Å². The smallest absolute Gasteiger partial charge is 0.246 e. The zero-order valence-electron chi connectivity index (χ0n) is 17.6. The van der Waals surface area contributed by atoms with Gasteiger partial charge in [-0.1, -0.05) is 18.2 Å². The fourth-order valence-electron chi connectivity index (χ4n) is 3.95. The molecular formula is C24H28N2O4. The molecule has 2 aromatic rings. The molecule has 2 aliphatic heterocycles. The molecule has 158 valence electrons. The third kappa shape index (κ3) is 4.60. The van der Waals surface area contributed by atoms with Crippen LogP contribution in [0.2, 0.25) is 0 Å². The van der Waals surface area contributed by atoms with Crippen molar-refractivity contribution in [1.82, 2.24) is 9.80 Å². The fraction of sp³-hybridized carbons (Fsp3) is 0.375. The Balaban J connectivity index is 1.29. The van der Waals surface area contributed by atoms with Gasteiger partial charge < -0.3 is 19.1 Å². The van der Waals surface area contributed by atoms with Gasteiger partial charge in [0.2, 0.25) is 5.91 Å². The highest BCUT2D eigenvalue weighted by atomic mass is 16.5. The summed E-state index contributed by atoms with van der Waals surface area (Å²) in [6, 6.07) is 12.1. The molecule has 0 bridgehead atoms. The molecule has 2 aromatic carbocycles. The number of hydrogen-bond acceptors (Lipinski definition) is 5. The molecule has 4 rings (SSSR count). The number of amides is 1. The highest BCUT2D eigenvalue weighted by Crippen LogP contribution is 2.28. The first-order valence-electron chi connectivity index (χ1n) is 10.3. The number of nitrogens with zero attached hydrogens (tertiary/aromatic N) is 2. The van der Waals surface area contributed by atoms with E-state index >= 15 is 0 Å². The summed E-state index contributed by atoms with van der Waals surface area (Å²) in [7, 11) is 3.21. The van der Waals surface area contributed by atoms with Crippen molar-refractivity contribution in [3.63, 3.8) is 0 Å². The van der Waals surface area contributed by atoms with E-state index in [1.807, 2.05) is 29.2 Å². The lowest BCUT2D eigenvalue weighted by Crippen LogP contribution is -2.47. The van der Waals surface area contributed by atoms with Crippen LogP contribution in [-0.4, -0.2) is 62.7 Å². The SMILES string of the molecule is COc1ccc(/C=C/C(=O)N2CCN(Cc3ccc4c(c3)CCO4)CC2)cc1OC. The predicted octanol–water partition coefficient (Wildman–Crippen LogP) is 3.00. The number of methoxy groups -OCH3 is 2. The zero-order valence-corrected chi connectivity index (χ0v) is 17.6. The van der Waals surface area contributed by atoms with Gasteiger partial charge in [-0.25, -0.2) is 0 Å². The lowest BCUT2D eigenvalue weighted by atomic mass is 10.1. The Hall–Kier alpha value is -2.99. The first-order chi connectivity index (χ1) is 14.7. The molecule has 0 aromatic heterocycles. The second-order valence-corrected chi connectivity index (χ2v) is 7.59. The van der Waals surface area contributed by atoms with Crippen LogP contribution in [-0.2, 0) is 17.8 Å². The van der Waals surface area contributed by atoms with Crippen molar-refractivity contribution in [2.24, 2.45) is 0 Å². The van der Waals surface area contributed by atoms with Gasteiger partial charge in [-0.3, -0.25) is 9.69 Å². The van der Waals surface area contributed by atoms with E-state index in [4.69, 9.17) is 14.2 Å². The summed E-state index contributed by atoms with van der Waals surface area (Å²) >= 11 is 0. The van der Waals surface area contributed by atoms with Crippen molar-refractivity contribution in [1.29, 1.82) is 0 Å². The Labute approximate surface area is 177 Å². The quantitative estimate of drug-likeness (QED) is 0.688. The number of carbonyl (C=O) groups excluding carboxylic acids is 1. The lowest BCUT2D eigenvalue weighted by Gasteiger charge is -2.34. The number of benzene rings is 2. The van der Waals surface area contributed by atoms with Crippen LogP contribution in [0.15, 0.2) is 42.5 Å². The van der Waals surface area contributed by atoms with Gasteiger partial charge in [0, 0.05) is 45.2 Å². The Morgan fingerprint density at radius 3 is 2.60 bits per heavy atom. The van der Waals surface area contributed by atoms with Gasteiger partial charge in [-0.2, -0.15) is 0 Å². The Morgan fingerprint density at radius 1 is 1.03 bits per heavy atom. The summed E-state index contributed by atoms with van der Waals surface area (Å²) in [5.74, 6) is 2.39. The van der Waals surface area contributed by atoms with E-state index < -0.39 is 0 Å². The van der Waals surface area contributed by atoms with Crippen LogP contribution in [0.4, 0.5) is 0 Å². The number of carbonyl (C=O) groups is 1. The molecule has 1 fully saturated rings. The van der Waals surface area contributed by atoms with Crippen LogP contribution in [0.1, 0.15) is 16.7 Å². The summed E-state index contributed by atoms with van der Waals surface area (Å²) in [5, 5.41) is 0. The summed E-state index contributed by atoms with van der Waals surface area (Å²) in [6.07, 6.45) is 4.46. The topological polar surface area (TPSA) is 51.2 Å². The average molecular weight is 408 g/mol. The van der Waals surface area contributed by atoms with Crippen molar-refractivity contribution in [3.8, 4) is 17.2 Å². The Kier molecular flexibility index (Phi) is 6.23. The van der Waals surface area contributed by atoms with Crippen LogP contribution >= 0.6 is 0 Å². The summed E-state index contributed by atoms with van der Waals surface area (Å²) in [4.78, 5) is 16.9. The van der Waals surface area contributed by atoms with Crippen molar-refractivity contribution in [2.45, 2.75) is 13.0 Å². The van der Waals surface area contributed by atoms with E-state index in [2.05, 4.69) is 23.1 Å². The molecule has 0 unspecified atom stereocenters. The molecular weight excluding hydrogens is 380 g/mol. The number of rotatable bonds is 6. The molecule has 30 heavy (non-hydrogen) atoms. The van der Waals surface area contributed by atoms with Crippen LogP contribution in [0.25, 0.3) is 6.08 Å². The maximum Gasteiger partial charge on any atom is 0.246 e. The number of fused-ring (bicyclic) bond motifs is 1. The van der Waals surface area contributed by atoms with Gasteiger partial charge in [-0.05, 0) is 41.0 Å². The lowest BCUT2D eigenvalue weighted by molar-refractivity contribution is -0.127. The van der Waals surface area contributed by atoms with E-state index in [1.165, 1.54) is 11.1 Å². The molecule has 2 heterocycles. The number of piperazine rings is 1. The second kappa shape index (κ2) is 9.22. The minimum atomic E-state index is 0.0408. The van der Waals surface area contributed by atoms with Crippen molar-refractivity contribution >= 4 is 12.0 Å². The minimum Gasteiger partial charge on any atom is -0.493 e. The largest absolute Gasteiger partial charge is 0.493 e. The second-order valence-electron chi connectivity index (χ2n) is 7.59. The molecule has 0 spiro atoms. The molecule has 0 saturated carbocycles. The molecule has 0 aliphatic carbocycles. The maximum atomic E-state index is 12.6. The molecule has 1 amide bonds. The standard InChI is InChI=1S/C24H28N2O4/c1-28-22-7-3-18(16-23(22)29-2)5-8-24(27)26-12-10-25(11-13-26)17-19-4-6-21-20(15-19)9-14-30-21/h3-8,15-16H,9-14,17H2,1-2H3/b8-5+. The van der Waals surface area contributed by atoms with Gasteiger partial charge in [-0.15, -0.1) is 0 Å². The number of ether oxygens (including phenoxy) is 3. The zero-order chi connectivity index (χ0) is 20.9. The third-order valence-electron chi connectivity index (χ3n) is 5.67. The van der Waals surface area contributed by atoms with Crippen molar-refractivity contribution < 1.29 is 19.0 Å². The molecule has 0 N–H and O–H groups in total. The van der Waals surface area contributed by atoms with Crippen molar-refractivity contribution in [3.05, 3.63) is 59.2 Å². The first-order valence-corrected chi connectivity index (χ1v) is 10.3. The summed E-state index contributed by atoms with van der Waals surface area (Å²) in [6.45, 7) is 4.94. The average Bonchev–Trinajstić information content (AvgIpc) is 3.25. The van der Waals surface area contributed by atoms with Crippen molar-refractivity contribution in [2.75, 3.05) is 47.0 Å². The van der Waals surface area contributed by atoms with Gasteiger partial charge in [0.1, 0.15) is 5.75 Å². The van der Waals surface area contributed by atoms with Gasteiger partial charge in [0.15, 0.2) is 11.5 Å². The van der Waals surface area contributed by atoms with Crippen LogP contribution in [0, 0.1) is 0 Å². The fourth-order valence-corrected chi connectivity index (χ4v) is 3.95. The molecule has 6 heteroatoms. The highest BCUT2D eigenvalue weighted by Gasteiger charge is 2.20. The monoisotopic (exact) mass is 408 g/mol. The molecule has 0 radical (unpaired) electrons. The Morgan fingerprint density at radius 2 is 1.83 bits per heavy atom. The van der Waals surface area contributed by atoms with E-state index in [0.717, 1.165) is 57.1 Å². The molecule has 6 nitrogen and oxygen atoms in total. The van der Waals surface area contributed by atoms with Crippen LogP contribution in [0.5, 0.6) is 17.2 Å². The van der Waals surface area contributed by atoms with E-state index in [1.54, 1.807) is 20.3 Å². The van der Waals surface area contributed by atoms with E-state index in [0.29, 0.717) is 11.5 Å². The maximum absolute atomic E-state index is 12.6. The minimum absolute atomic E-state index is 0.0408.